The van der Waals surface area contributed by atoms with Gasteiger partial charge in [-0.15, -0.1) is 0 Å². The zero-order valence-electron chi connectivity index (χ0n) is 16.7. The number of fused-ring (bicyclic) bond motifs is 1. The first-order valence-electron chi connectivity index (χ1n) is 9.54. The first-order chi connectivity index (χ1) is 15.3. The Kier molecular flexibility index (Phi) is 6.50. The highest BCUT2D eigenvalue weighted by Gasteiger charge is 2.21. The summed E-state index contributed by atoms with van der Waals surface area (Å²) in [7, 11) is 0. The molecule has 0 aliphatic carbocycles. The van der Waals surface area contributed by atoms with Crippen molar-refractivity contribution in [3.8, 4) is 5.69 Å². The number of aromatic nitrogens is 2. The van der Waals surface area contributed by atoms with Crippen molar-refractivity contribution in [3.63, 3.8) is 0 Å². The highest BCUT2D eigenvalue weighted by molar-refractivity contribution is 8.00. The Labute approximate surface area is 197 Å². The number of carbonyl (C=O) groups is 1. The van der Waals surface area contributed by atoms with E-state index in [2.05, 4.69) is 10.3 Å². The smallest absolute Gasteiger partial charge is 0.266 e. The zero-order valence-corrected chi connectivity index (χ0v) is 19.0. The van der Waals surface area contributed by atoms with Gasteiger partial charge in [-0.3, -0.25) is 14.2 Å². The van der Waals surface area contributed by atoms with Crippen molar-refractivity contribution in [1.82, 2.24) is 9.55 Å². The van der Waals surface area contributed by atoms with Crippen LogP contribution in [-0.2, 0) is 4.79 Å². The van der Waals surface area contributed by atoms with Gasteiger partial charge in [0.15, 0.2) is 5.16 Å². The Morgan fingerprint density at radius 1 is 1.06 bits per heavy atom. The maximum atomic E-state index is 14.6. The van der Waals surface area contributed by atoms with E-state index in [1.165, 1.54) is 22.8 Å². The normalized spacial score (nSPS) is 12.0. The quantitative estimate of drug-likeness (QED) is 0.279. The van der Waals surface area contributed by atoms with Gasteiger partial charge in [0.1, 0.15) is 5.82 Å². The highest BCUT2D eigenvalue weighted by Crippen LogP contribution is 2.28. The number of hydrogen-bond donors (Lipinski definition) is 1. The van der Waals surface area contributed by atoms with Crippen LogP contribution in [0.4, 0.5) is 10.1 Å². The van der Waals surface area contributed by atoms with Crippen LogP contribution in [0.2, 0.25) is 10.0 Å². The van der Waals surface area contributed by atoms with Gasteiger partial charge in [-0.1, -0.05) is 59.2 Å². The number of halogens is 3. The van der Waals surface area contributed by atoms with E-state index < -0.39 is 16.6 Å². The lowest BCUT2D eigenvalue weighted by molar-refractivity contribution is -0.115. The molecule has 0 saturated heterocycles. The predicted octanol–water partition coefficient (Wildman–Crippen LogP) is 5.95. The summed E-state index contributed by atoms with van der Waals surface area (Å²) in [6, 6.07) is 17.5. The molecule has 1 atom stereocenters. The molecule has 32 heavy (non-hydrogen) atoms. The average Bonchev–Trinajstić information content (AvgIpc) is 2.74. The number of anilines is 1. The van der Waals surface area contributed by atoms with Crippen LogP contribution in [0.15, 0.2) is 76.7 Å². The van der Waals surface area contributed by atoms with Crippen LogP contribution in [-0.4, -0.2) is 20.7 Å². The summed E-state index contributed by atoms with van der Waals surface area (Å²) in [5, 5.41) is 3.41. The van der Waals surface area contributed by atoms with Crippen LogP contribution >= 0.6 is 35.0 Å². The van der Waals surface area contributed by atoms with E-state index in [0.29, 0.717) is 26.6 Å². The fraction of sp³-hybridized carbons (Fsp3) is 0.0870. The Morgan fingerprint density at radius 2 is 1.72 bits per heavy atom. The van der Waals surface area contributed by atoms with Crippen molar-refractivity contribution in [1.29, 1.82) is 0 Å². The summed E-state index contributed by atoms with van der Waals surface area (Å²) >= 11 is 13.0. The highest BCUT2D eigenvalue weighted by atomic mass is 35.5. The summed E-state index contributed by atoms with van der Waals surface area (Å²) in [6.07, 6.45) is 0. The van der Waals surface area contributed by atoms with Gasteiger partial charge in [0.05, 0.1) is 21.8 Å². The number of thioether (sulfide) groups is 1. The largest absolute Gasteiger partial charge is 0.325 e. The van der Waals surface area contributed by atoms with Crippen LogP contribution in [0.3, 0.4) is 0 Å². The summed E-state index contributed by atoms with van der Waals surface area (Å²) in [6.45, 7) is 1.67. The molecule has 1 heterocycles. The van der Waals surface area contributed by atoms with Crippen LogP contribution in [0.25, 0.3) is 16.6 Å². The van der Waals surface area contributed by atoms with E-state index in [9.17, 15) is 14.0 Å². The number of rotatable bonds is 5. The Morgan fingerprint density at radius 3 is 2.44 bits per heavy atom. The minimum Gasteiger partial charge on any atom is -0.325 e. The second kappa shape index (κ2) is 9.32. The van der Waals surface area contributed by atoms with Gasteiger partial charge in [0, 0.05) is 15.7 Å². The molecule has 162 valence electrons. The van der Waals surface area contributed by atoms with Crippen molar-refractivity contribution in [3.05, 3.63) is 92.9 Å². The summed E-state index contributed by atoms with van der Waals surface area (Å²) < 4.78 is 15.8. The molecule has 0 spiro atoms. The third-order valence-electron chi connectivity index (χ3n) is 4.62. The molecule has 0 fully saturated rings. The maximum Gasteiger partial charge on any atom is 0.266 e. The molecule has 0 saturated carbocycles. The third-order valence-corrected chi connectivity index (χ3v) is 6.11. The van der Waals surface area contributed by atoms with Crippen LogP contribution in [0.5, 0.6) is 0 Å². The number of carbonyl (C=O) groups excluding carboxylic acids is 1. The molecule has 4 aromatic rings. The van der Waals surface area contributed by atoms with Gasteiger partial charge in [-0.05, 0) is 49.4 Å². The molecule has 0 radical (unpaired) electrons. The lowest BCUT2D eigenvalue weighted by atomic mass is 10.2. The molecule has 0 aliphatic heterocycles. The number of nitrogens with zero attached hydrogens (tertiary/aromatic N) is 2. The molecule has 0 aliphatic rings. The number of amides is 1. The minimum atomic E-state index is -0.668. The van der Waals surface area contributed by atoms with Crippen molar-refractivity contribution >= 4 is 57.5 Å². The second-order valence-electron chi connectivity index (χ2n) is 6.91. The van der Waals surface area contributed by atoms with Gasteiger partial charge >= 0.3 is 0 Å². The van der Waals surface area contributed by atoms with Gasteiger partial charge < -0.3 is 5.32 Å². The van der Waals surface area contributed by atoms with Crippen LogP contribution in [0, 0.1) is 5.82 Å². The van der Waals surface area contributed by atoms with Crippen molar-refractivity contribution in [2.75, 3.05) is 5.32 Å². The maximum absolute atomic E-state index is 14.6. The number of nitrogens with one attached hydrogen (secondary N) is 1. The van der Waals surface area contributed by atoms with Crippen molar-refractivity contribution < 1.29 is 9.18 Å². The minimum absolute atomic E-state index is 0.0625. The van der Waals surface area contributed by atoms with E-state index in [4.69, 9.17) is 23.2 Å². The molecule has 9 heteroatoms. The SMILES string of the molecule is CC(Sc1nc2ccccc2c(=O)n1-c1ccccc1F)C(=O)Nc1cc(Cl)cc(Cl)c1. The Hall–Kier alpha value is -2.87. The standard InChI is InChI=1S/C23H16Cl2FN3O2S/c1-13(21(30)27-16-11-14(24)10-15(25)12-16)32-23-28-19-8-4-2-6-17(19)22(31)29(23)20-9-5-3-7-18(20)26/h2-13H,1H3,(H,27,30). The first-order valence-corrected chi connectivity index (χ1v) is 11.2. The van der Waals surface area contributed by atoms with Crippen LogP contribution < -0.4 is 10.9 Å². The van der Waals surface area contributed by atoms with E-state index >= 15 is 0 Å². The molecule has 5 nitrogen and oxygen atoms in total. The lowest BCUT2D eigenvalue weighted by Gasteiger charge is -2.17. The zero-order chi connectivity index (χ0) is 22.8. The topological polar surface area (TPSA) is 64.0 Å². The molecule has 3 aromatic carbocycles. The molecule has 1 aromatic heterocycles. The van der Waals surface area contributed by atoms with E-state index in [1.54, 1.807) is 55.5 Å². The molecule has 1 unspecified atom stereocenters. The Balaban J connectivity index is 1.73. The van der Waals surface area contributed by atoms with Crippen LogP contribution in [0.1, 0.15) is 6.92 Å². The third kappa shape index (κ3) is 4.65. The Bertz CT molecular complexity index is 1370. The molecule has 1 N–H and O–H groups in total. The fourth-order valence-corrected chi connectivity index (χ4v) is 4.56. The monoisotopic (exact) mass is 487 g/mol. The molecular weight excluding hydrogens is 472 g/mol. The molecule has 4 rings (SSSR count). The number of para-hydroxylation sites is 2. The first kappa shape index (κ1) is 22.3. The van der Waals surface area contributed by atoms with E-state index in [0.717, 1.165) is 11.8 Å². The fourth-order valence-electron chi connectivity index (χ4n) is 3.12. The number of benzene rings is 3. The van der Waals surface area contributed by atoms with Gasteiger partial charge in [-0.25, -0.2) is 9.37 Å². The van der Waals surface area contributed by atoms with E-state index in [-0.39, 0.29) is 16.8 Å². The van der Waals surface area contributed by atoms with Gasteiger partial charge in [-0.2, -0.15) is 0 Å². The predicted molar refractivity (Wildman–Crippen MR) is 128 cm³/mol. The van der Waals surface area contributed by atoms with Gasteiger partial charge in [0.25, 0.3) is 5.56 Å². The molecular formula is C23H16Cl2FN3O2S. The molecule has 0 bridgehead atoms. The van der Waals surface area contributed by atoms with Crippen molar-refractivity contribution in [2.45, 2.75) is 17.3 Å². The lowest BCUT2D eigenvalue weighted by Crippen LogP contribution is -2.26. The average molecular weight is 488 g/mol. The molecule has 1 amide bonds. The summed E-state index contributed by atoms with van der Waals surface area (Å²) in [5.74, 6) is -0.921. The number of hydrogen-bond acceptors (Lipinski definition) is 4. The second-order valence-corrected chi connectivity index (χ2v) is 9.09. The van der Waals surface area contributed by atoms with Gasteiger partial charge in [0.2, 0.25) is 5.91 Å². The summed E-state index contributed by atoms with van der Waals surface area (Å²) in [4.78, 5) is 30.6. The van der Waals surface area contributed by atoms with Crippen molar-refractivity contribution in [2.24, 2.45) is 0 Å². The summed E-state index contributed by atoms with van der Waals surface area (Å²) in [5.41, 5.74) is 0.546. The van der Waals surface area contributed by atoms with E-state index in [1.807, 2.05) is 0 Å².